The van der Waals surface area contributed by atoms with Crippen molar-refractivity contribution in [2.45, 2.75) is 56.1 Å². The van der Waals surface area contributed by atoms with Gasteiger partial charge in [-0.3, -0.25) is 32.5 Å². The van der Waals surface area contributed by atoms with Gasteiger partial charge in [-0.25, -0.2) is 37.8 Å². The number of rotatable bonds is 10. The van der Waals surface area contributed by atoms with Gasteiger partial charge >= 0.3 is 13.6 Å². The van der Waals surface area contributed by atoms with Gasteiger partial charge in [0.1, 0.15) is 30.2 Å². The fourth-order valence-corrected chi connectivity index (χ4v) is 7.52. The molecule has 19 nitrogen and oxygen atoms in total. The second kappa shape index (κ2) is 12.4. The van der Waals surface area contributed by atoms with Crippen LogP contribution in [0.2, 0.25) is 0 Å². The van der Waals surface area contributed by atoms with Crippen LogP contribution < -0.4 is 17.0 Å². The van der Waals surface area contributed by atoms with Crippen LogP contribution >= 0.6 is 38.1 Å². The second-order valence-electron chi connectivity index (χ2n) is 10.1. The summed E-state index contributed by atoms with van der Waals surface area (Å²) in [6, 6.07) is 0. The summed E-state index contributed by atoms with van der Waals surface area (Å²) in [6.45, 7) is -7.84. The van der Waals surface area contributed by atoms with Crippen LogP contribution in [0.3, 0.4) is 0 Å². The molecule has 250 valence electrons. The van der Waals surface area contributed by atoms with Gasteiger partial charge in [-0.1, -0.05) is 24.5 Å². The summed E-state index contributed by atoms with van der Waals surface area (Å²) >= 11 is 7.76. The minimum absolute atomic E-state index is 0.0797. The number of aromatic amines is 1. The number of imidazole rings is 2. The molecule has 5 N–H and O–H groups in total. The van der Waals surface area contributed by atoms with Gasteiger partial charge in [0.05, 0.1) is 25.4 Å². The third-order valence-electron chi connectivity index (χ3n) is 7.20. The minimum Gasteiger partial charge on any atom is -0.382 e. The Morgan fingerprint density at radius 3 is 2.35 bits per heavy atom. The summed E-state index contributed by atoms with van der Waals surface area (Å²) in [5.41, 5.74) is 10.9. The third kappa shape index (κ3) is 6.16. The first-order chi connectivity index (χ1) is 21.7. The van der Waals surface area contributed by atoms with Crippen molar-refractivity contribution in [3.8, 4) is 0 Å². The number of anilines is 2. The molecule has 0 unspecified atom stereocenters. The lowest BCUT2D eigenvalue weighted by molar-refractivity contribution is -0.0453. The lowest BCUT2D eigenvalue weighted by atomic mass is 10.1. The SMILES string of the molecule is CO[P@@](=O)(S)O[C@@H]1[C@H](F)[C@@H](CO[P@](=O)(S)O[C@H]2[C@@H](F)[C@H](n3cnc4c(N)ncnc43)O[C@@H]2C)O[C@H]1n1cnc2c(=O)[nH]c(N)nc21. The van der Waals surface area contributed by atoms with Gasteiger partial charge in [0.15, 0.2) is 47.4 Å². The van der Waals surface area contributed by atoms with E-state index in [0.29, 0.717) is 0 Å². The number of hydrogen-bond acceptors (Lipinski definition) is 16. The van der Waals surface area contributed by atoms with E-state index >= 15 is 8.78 Å². The monoisotopic (exact) mass is 726 g/mol. The highest BCUT2D eigenvalue weighted by molar-refractivity contribution is 8.44. The highest BCUT2D eigenvalue weighted by Crippen LogP contribution is 2.58. The van der Waals surface area contributed by atoms with Gasteiger partial charge in [0, 0.05) is 7.11 Å². The third-order valence-corrected chi connectivity index (χ3v) is 10.6. The molecular weight excluding hydrogens is 700 g/mol. The van der Waals surface area contributed by atoms with E-state index in [1.54, 1.807) is 0 Å². The largest absolute Gasteiger partial charge is 0.386 e. The molecule has 4 aromatic heterocycles. The number of nitrogens with two attached hydrogens (primary N) is 2. The van der Waals surface area contributed by atoms with Crippen molar-refractivity contribution < 1.29 is 45.5 Å². The predicted octanol–water partition coefficient (Wildman–Crippen LogP) is 2.12. The van der Waals surface area contributed by atoms with E-state index in [1.807, 2.05) is 0 Å². The number of hydrogen-bond donors (Lipinski definition) is 5. The molecule has 0 amide bonds. The standard InChI is InChI=1S/C21H26F2N10O9P2S2/c1-7-13(10(23)19(39-7)32-5-28-11-15(24)26-4-27-16(11)32)41-44(36,46)38-3-8-9(22)14(42-43(35,45)37-2)20(40-8)33-6-29-12-17(33)30-21(25)31-18(12)34/h4-10,13-14,19-20H,3H2,1-2H3,(H,35,45)(H,36,46)(H2,24,26,27)(H3,25,30,31,34)/t7-,8-,9-,10-,13-,14-,19-,20-,43-,44+/m1/s1. The van der Waals surface area contributed by atoms with Gasteiger partial charge in [0.2, 0.25) is 5.95 Å². The molecule has 10 atom stereocenters. The van der Waals surface area contributed by atoms with Crippen molar-refractivity contribution in [1.82, 2.24) is 39.0 Å². The summed E-state index contributed by atoms with van der Waals surface area (Å²) in [6.07, 6.45) is -8.92. The normalized spacial score (nSPS) is 31.0. The number of aromatic nitrogens is 8. The molecule has 0 aliphatic carbocycles. The van der Waals surface area contributed by atoms with Crippen LogP contribution in [0.1, 0.15) is 19.4 Å². The Balaban J connectivity index is 1.18. The number of alkyl halides is 2. The molecule has 4 aromatic rings. The molecule has 0 saturated carbocycles. The average molecular weight is 727 g/mol. The van der Waals surface area contributed by atoms with E-state index in [9.17, 15) is 13.9 Å². The van der Waals surface area contributed by atoms with Gasteiger partial charge in [-0.05, 0) is 6.92 Å². The van der Waals surface area contributed by atoms with Gasteiger partial charge in [0.25, 0.3) is 5.56 Å². The lowest BCUT2D eigenvalue weighted by Gasteiger charge is -2.23. The van der Waals surface area contributed by atoms with Gasteiger partial charge in [-0.2, -0.15) is 4.98 Å². The highest BCUT2D eigenvalue weighted by Gasteiger charge is 2.52. The number of thiol groups is 2. The highest BCUT2D eigenvalue weighted by atomic mass is 32.7. The number of fused-ring (bicyclic) bond motifs is 2. The molecular formula is C21H26F2N10O9P2S2. The Hall–Kier alpha value is -2.72. The van der Waals surface area contributed by atoms with Crippen LogP contribution in [0.15, 0.2) is 23.8 Å². The van der Waals surface area contributed by atoms with Crippen LogP contribution in [-0.4, -0.2) is 89.5 Å². The molecule has 46 heavy (non-hydrogen) atoms. The number of nitrogen functional groups attached to an aromatic ring is 2. The van der Waals surface area contributed by atoms with Crippen molar-refractivity contribution >= 4 is 72.2 Å². The van der Waals surface area contributed by atoms with Crippen molar-refractivity contribution in [3.63, 3.8) is 0 Å². The quantitative estimate of drug-likeness (QED) is 0.116. The average Bonchev–Trinajstić information content (AvgIpc) is 3.74. The Labute approximate surface area is 267 Å². The van der Waals surface area contributed by atoms with Crippen molar-refractivity contribution in [3.05, 3.63) is 29.3 Å². The number of ether oxygens (including phenoxy) is 2. The van der Waals surface area contributed by atoms with Crippen molar-refractivity contribution in [1.29, 1.82) is 0 Å². The van der Waals surface area contributed by atoms with Gasteiger partial charge in [-0.15, -0.1) is 0 Å². The number of halogens is 2. The second-order valence-corrected chi connectivity index (χ2v) is 16.0. The van der Waals surface area contributed by atoms with Crippen molar-refractivity contribution in [2.75, 3.05) is 25.2 Å². The summed E-state index contributed by atoms with van der Waals surface area (Å²) < 4.78 is 92.1. The predicted molar refractivity (Wildman–Crippen MR) is 161 cm³/mol. The van der Waals surface area contributed by atoms with E-state index in [2.05, 4.69) is 54.4 Å². The van der Waals surface area contributed by atoms with E-state index in [-0.39, 0.29) is 34.1 Å². The molecule has 2 fully saturated rings. The molecule has 2 saturated heterocycles. The summed E-state index contributed by atoms with van der Waals surface area (Å²) in [5, 5.41) is 0. The maximum Gasteiger partial charge on any atom is 0.386 e. The zero-order valence-corrected chi connectivity index (χ0v) is 27.1. The summed E-state index contributed by atoms with van der Waals surface area (Å²) in [7, 11) is 1.03. The fourth-order valence-electron chi connectivity index (χ4n) is 5.06. The molecule has 25 heteroatoms. The van der Waals surface area contributed by atoms with Crippen molar-refractivity contribution in [2.24, 2.45) is 0 Å². The first-order valence-corrected chi connectivity index (χ1v) is 18.6. The van der Waals surface area contributed by atoms with Crippen LogP contribution in [0.25, 0.3) is 22.3 Å². The zero-order chi connectivity index (χ0) is 33.1. The molecule has 2 aliphatic heterocycles. The van der Waals surface area contributed by atoms with Crippen LogP contribution in [0.4, 0.5) is 20.5 Å². The Kier molecular flexibility index (Phi) is 8.93. The smallest absolute Gasteiger partial charge is 0.382 e. The van der Waals surface area contributed by atoms with E-state index < -0.39 is 75.0 Å². The van der Waals surface area contributed by atoms with Crippen LogP contribution in [0.5, 0.6) is 0 Å². The number of nitrogens with one attached hydrogen (secondary N) is 1. The minimum atomic E-state index is -4.42. The lowest BCUT2D eigenvalue weighted by Crippen LogP contribution is -2.32. The van der Waals surface area contributed by atoms with E-state index in [1.165, 1.54) is 24.1 Å². The fraction of sp³-hybridized carbons (Fsp3) is 0.524. The molecule has 6 heterocycles. The summed E-state index contributed by atoms with van der Waals surface area (Å²) in [5.74, 6) is -0.190. The molecule has 0 bridgehead atoms. The Morgan fingerprint density at radius 1 is 0.957 bits per heavy atom. The first kappa shape index (κ1) is 33.2. The number of H-pyrrole nitrogens is 1. The molecule has 0 radical (unpaired) electrons. The van der Waals surface area contributed by atoms with Gasteiger partial charge < -0.3 is 25.5 Å². The first-order valence-electron chi connectivity index (χ1n) is 13.2. The van der Waals surface area contributed by atoms with Crippen LogP contribution in [-0.2, 0) is 36.7 Å². The van der Waals surface area contributed by atoms with E-state index in [4.69, 9.17) is 39.0 Å². The molecule has 0 aromatic carbocycles. The molecule has 0 spiro atoms. The Bertz CT molecular complexity index is 1940. The zero-order valence-electron chi connectivity index (χ0n) is 23.6. The maximum atomic E-state index is 15.8. The van der Waals surface area contributed by atoms with Crippen LogP contribution in [0, 0.1) is 0 Å². The summed E-state index contributed by atoms with van der Waals surface area (Å²) in [4.78, 5) is 34.5. The topological polar surface area (TPSA) is 249 Å². The molecule has 6 rings (SSSR count). The number of nitrogens with zero attached hydrogens (tertiary/aromatic N) is 7. The Morgan fingerprint density at radius 2 is 1.63 bits per heavy atom. The van der Waals surface area contributed by atoms with E-state index in [0.717, 1.165) is 18.0 Å². The maximum absolute atomic E-state index is 15.8. The molecule has 2 aliphatic rings.